The summed E-state index contributed by atoms with van der Waals surface area (Å²) in [6, 6.07) is 2.86. The molecule has 3 atom stereocenters. The molecule has 0 fully saturated rings. The number of nitrogens with zero attached hydrogens (tertiary/aromatic N) is 1. The van der Waals surface area contributed by atoms with E-state index in [1.54, 1.807) is 13.0 Å². The molecule has 0 aliphatic heterocycles. The second-order valence-corrected chi connectivity index (χ2v) is 5.26. The molecule has 0 saturated heterocycles. The highest BCUT2D eigenvalue weighted by Gasteiger charge is 2.25. The highest BCUT2D eigenvalue weighted by molar-refractivity contribution is 9.10. The standard InChI is InChI=1S/C12H16BrNO5/c1-6(15)8(3)19-12-10(7(2)16)4-9(13)5-11(12)14(17)18/h4-8,15-16H,1-3H3/t6?,7-,8?/m1/s1. The third-order valence-electron chi connectivity index (χ3n) is 2.69. The van der Waals surface area contributed by atoms with E-state index in [0.717, 1.165) is 0 Å². The maximum absolute atomic E-state index is 11.1. The van der Waals surface area contributed by atoms with Crippen molar-refractivity contribution >= 4 is 21.6 Å². The Hall–Kier alpha value is -1.18. The second kappa shape index (κ2) is 6.31. The highest BCUT2D eigenvalue weighted by Crippen LogP contribution is 2.38. The highest BCUT2D eigenvalue weighted by atomic mass is 79.9. The van der Waals surface area contributed by atoms with Crippen LogP contribution >= 0.6 is 15.9 Å². The van der Waals surface area contributed by atoms with E-state index in [0.29, 0.717) is 10.0 Å². The molecule has 1 rings (SSSR count). The molecule has 19 heavy (non-hydrogen) atoms. The minimum Gasteiger partial charge on any atom is -0.481 e. The van der Waals surface area contributed by atoms with E-state index in [1.165, 1.54) is 19.9 Å². The number of aliphatic hydroxyl groups excluding tert-OH is 2. The van der Waals surface area contributed by atoms with Crippen LogP contribution in [-0.2, 0) is 0 Å². The van der Waals surface area contributed by atoms with E-state index in [9.17, 15) is 20.3 Å². The number of nitro benzene ring substituents is 1. The molecule has 0 amide bonds. The van der Waals surface area contributed by atoms with Gasteiger partial charge in [0.05, 0.1) is 17.1 Å². The fourth-order valence-electron chi connectivity index (χ4n) is 1.46. The van der Waals surface area contributed by atoms with Crippen molar-refractivity contribution in [1.82, 2.24) is 0 Å². The molecule has 0 radical (unpaired) electrons. The summed E-state index contributed by atoms with van der Waals surface area (Å²) in [6.45, 7) is 4.62. The Labute approximate surface area is 119 Å². The maximum Gasteiger partial charge on any atom is 0.312 e. The Kier molecular flexibility index (Phi) is 5.28. The summed E-state index contributed by atoms with van der Waals surface area (Å²) < 4.78 is 5.92. The Morgan fingerprint density at radius 3 is 2.32 bits per heavy atom. The third kappa shape index (κ3) is 3.89. The number of nitro groups is 1. The summed E-state index contributed by atoms with van der Waals surface area (Å²) in [4.78, 5) is 10.5. The van der Waals surface area contributed by atoms with Gasteiger partial charge in [0.15, 0.2) is 0 Å². The van der Waals surface area contributed by atoms with Gasteiger partial charge in [-0.05, 0) is 26.8 Å². The van der Waals surface area contributed by atoms with Gasteiger partial charge in [-0.25, -0.2) is 0 Å². The largest absolute Gasteiger partial charge is 0.481 e. The van der Waals surface area contributed by atoms with Gasteiger partial charge in [0.2, 0.25) is 5.75 Å². The van der Waals surface area contributed by atoms with Crippen molar-refractivity contribution in [2.75, 3.05) is 0 Å². The Bertz CT molecular complexity index is 475. The van der Waals surface area contributed by atoms with Crippen molar-refractivity contribution in [3.05, 3.63) is 32.3 Å². The van der Waals surface area contributed by atoms with Crippen LogP contribution in [0.5, 0.6) is 5.75 Å². The first-order valence-electron chi connectivity index (χ1n) is 5.74. The molecular weight excluding hydrogens is 318 g/mol. The molecule has 0 aliphatic carbocycles. The van der Waals surface area contributed by atoms with E-state index >= 15 is 0 Å². The van der Waals surface area contributed by atoms with Crippen LogP contribution < -0.4 is 4.74 Å². The SMILES string of the molecule is CC(O)C(C)Oc1c([C@@H](C)O)cc(Br)cc1[N+](=O)[O-]. The van der Waals surface area contributed by atoms with Gasteiger partial charge < -0.3 is 14.9 Å². The van der Waals surface area contributed by atoms with E-state index in [2.05, 4.69) is 15.9 Å². The van der Waals surface area contributed by atoms with Gasteiger partial charge in [0, 0.05) is 16.1 Å². The first kappa shape index (κ1) is 15.9. The monoisotopic (exact) mass is 333 g/mol. The van der Waals surface area contributed by atoms with Crippen LogP contribution in [0.25, 0.3) is 0 Å². The molecule has 2 N–H and O–H groups in total. The first-order chi connectivity index (χ1) is 8.73. The van der Waals surface area contributed by atoms with Crippen molar-refractivity contribution in [2.45, 2.75) is 39.1 Å². The average Bonchev–Trinajstić information content (AvgIpc) is 2.29. The second-order valence-electron chi connectivity index (χ2n) is 4.34. The van der Waals surface area contributed by atoms with Crippen molar-refractivity contribution in [2.24, 2.45) is 0 Å². The van der Waals surface area contributed by atoms with Crippen LogP contribution in [0.15, 0.2) is 16.6 Å². The number of benzene rings is 1. The zero-order chi connectivity index (χ0) is 14.7. The predicted molar refractivity (Wildman–Crippen MR) is 73.2 cm³/mol. The predicted octanol–water partition coefficient (Wildman–Crippen LogP) is 2.56. The van der Waals surface area contributed by atoms with Crippen LogP contribution in [0.4, 0.5) is 5.69 Å². The molecule has 1 aromatic rings. The topological polar surface area (TPSA) is 92.8 Å². The van der Waals surface area contributed by atoms with Crippen molar-refractivity contribution in [3.63, 3.8) is 0 Å². The van der Waals surface area contributed by atoms with Crippen molar-refractivity contribution in [1.29, 1.82) is 0 Å². The molecule has 106 valence electrons. The lowest BCUT2D eigenvalue weighted by molar-refractivity contribution is -0.386. The molecular formula is C12H16BrNO5. The van der Waals surface area contributed by atoms with Gasteiger partial charge in [0.1, 0.15) is 6.10 Å². The van der Waals surface area contributed by atoms with Gasteiger partial charge in [-0.1, -0.05) is 15.9 Å². The number of hydrogen-bond donors (Lipinski definition) is 2. The lowest BCUT2D eigenvalue weighted by Crippen LogP contribution is -2.26. The van der Waals surface area contributed by atoms with Crippen molar-refractivity contribution in [3.8, 4) is 5.75 Å². The number of halogens is 1. The Balaban J connectivity index is 3.35. The van der Waals surface area contributed by atoms with E-state index < -0.39 is 23.2 Å². The Morgan fingerprint density at radius 1 is 1.32 bits per heavy atom. The normalized spacial score (nSPS) is 15.7. The summed E-state index contributed by atoms with van der Waals surface area (Å²) in [7, 11) is 0. The molecule has 1 aromatic carbocycles. The molecule has 0 spiro atoms. The van der Waals surface area contributed by atoms with Crippen LogP contribution in [0, 0.1) is 10.1 Å². The molecule has 0 saturated carbocycles. The molecule has 6 nitrogen and oxygen atoms in total. The van der Waals surface area contributed by atoms with Crippen LogP contribution in [0.3, 0.4) is 0 Å². The minimum absolute atomic E-state index is 0.0170. The maximum atomic E-state index is 11.1. The van der Waals surface area contributed by atoms with Gasteiger partial charge in [0.25, 0.3) is 0 Å². The van der Waals surface area contributed by atoms with E-state index in [1.807, 2.05) is 0 Å². The summed E-state index contributed by atoms with van der Waals surface area (Å²) in [5.74, 6) is -0.0170. The molecule has 2 unspecified atom stereocenters. The smallest absolute Gasteiger partial charge is 0.312 e. The Morgan fingerprint density at radius 2 is 1.89 bits per heavy atom. The van der Waals surface area contributed by atoms with Gasteiger partial charge in [-0.2, -0.15) is 0 Å². The number of rotatable bonds is 5. The molecule has 0 bridgehead atoms. The lowest BCUT2D eigenvalue weighted by Gasteiger charge is -2.20. The average molecular weight is 334 g/mol. The molecule has 0 aliphatic rings. The molecule has 0 heterocycles. The lowest BCUT2D eigenvalue weighted by atomic mass is 10.1. The van der Waals surface area contributed by atoms with Crippen LogP contribution in [0.2, 0.25) is 0 Å². The van der Waals surface area contributed by atoms with Crippen LogP contribution in [0.1, 0.15) is 32.4 Å². The summed E-state index contributed by atoms with van der Waals surface area (Å²) in [5.41, 5.74) is 0.0475. The third-order valence-corrected chi connectivity index (χ3v) is 3.15. The van der Waals surface area contributed by atoms with Gasteiger partial charge >= 0.3 is 5.69 Å². The zero-order valence-electron chi connectivity index (χ0n) is 10.8. The van der Waals surface area contributed by atoms with Gasteiger partial charge in [-0.15, -0.1) is 0 Å². The van der Waals surface area contributed by atoms with E-state index in [4.69, 9.17) is 4.74 Å². The number of hydrogen-bond acceptors (Lipinski definition) is 5. The van der Waals surface area contributed by atoms with Crippen LogP contribution in [-0.4, -0.2) is 27.3 Å². The number of aliphatic hydroxyl groups is 2. The minimum atomic E-state index is -0.924. The van der Waals surface area contributed by atoms with Crippen molar-refractivity contribution < 1.29 is 19.9 Å². The first-order valence-corrected chi connectivity index (χ1v) is 6.54. The zero-order valence-corrected chi connectivity index (χ0v) is 12.4. The van der Waals surface area contributed by atoms with Gasteiger partial charge in [-0.3, -0.25) is 10.1 Å². The van der Waals surface area contributed by atoms with E-state index in [-0.39, 0.29) is 11.4 Å². The summed E-state index contributed by atoms with van der Waals surface area (Å²) in [5, 5.41) is 30.2. The molecule has 0 aromatic heterocycles. The summed E-state index contributed by atoms with van der Waals surface area (Å²) >= 11 is 3.16. The fourth-order valence-corrected chi connectivity index (χ4v) is 1.92. The number of ether oxygens (including phenoxy) is 1. The quantitative estimate of drug-likeness (QED) is 0.638. The fraction of sp³-hybridized carbons (Fsp3) is 0.500. The molecule has 7 heteroatoms. The summed E-state index contributed by atoms with van der Waals surface area (Å²) in [6.07, 6.45) is -2.34.